The lowest BCUT2D eigenvalue weighted by atomic mass is 10.1. The molecule has 3 heterocycles. The molecule has 37 heavy (non-hydrogen) atoms. The molecule has 0 aliphatic carbocycles. The van der Waals surface area contributed by atoms with Gasteiger partial charge in [-0.15, -0.1) is 17.9 Å². The Morgan fingerprint density at radius 2 is 1.81 bits per heavy atom. The molecule has 5 aromatic rings. The third kappa shape index (κ3) is 4.72. The van der Waals surface area contributed by atoms with Gasteiger partial charge in [-0.2, -0.15) is 0 Å². The SMILES string of the molecule is C=CCn1c(SCC(=O)c2cc(C)n(-c3ccc(C)cc3)c2C)nc2scc(-c3ccccc3)c2c1=O. The van der Waals surface area contributed by atoms with Gasteiger partial charge in [-0.3, -0.25) is 14.2 Å². The summed E-state index contributed by atoms with van der Waals surface area (Å²) in [6, 6.07) is 20.1. The Morgan fingerprint density at radius 3 is 2.51 bits per heavy atom. The number of ketones is 1. The number of hydrogen-bond donors (Lipinski definition) is 0. The van der Waals surface area contributed by atoms with E-state index in [1.165, 1.54) is 28.7 Å². The van der Waals surface area contributed by atoms with Gasteiger partial charge in [0.15, 0.2) is 10.9 Å². The van der Waals surface area contributed by atoms with E-state index in [1.807, 2.05) is 55.6 Å². The van der Waals surface area contributed by atoms with Crippen LogP contribution in [0.1, 0.15) is 27.3 Å². The van der Waals surface area contributed by atoms with Crippen LogP contribution in [0.5, 0.6) is 0 Å². The summed E-state index contributed by atoms with van der Waals surface area (Å²) in [7, 11) is 0. The number of benzene rings is 2. The molecule has 2 aromatic carbocycles. The van der Waals surface area contributed by atoms with Crippen LogP contribution in [-0.4, -0.2) is 25.7 Å². The molecule has 0 amide bonds. The van der Waals surface area contributed by atoms with E-state index in [1.54, 1.807) is 10.6 Å². The van der Waals surface area contributed by atoms with Crippen molar-refractivity contribution in [3.05, 3.63) is 112 Å². The maximum atomic E-state index is 13.6. The maximum Gasteiger partial charge on any atom is 0.263 e. The quantitative estimate of drug-likeness (QED) is 0.0947. The van der Waals surface area contributed by atoms with Crippen LogP contribution >= 0.6 is 23.1 Å². The molecular weight excluding hydrogens is 498 g/mol. The maximum absolute atomic E-state index is 13.6. The number of fused-ring (bicyclic) bond motifs is 1. The van der Waals surface area contributed by atoms with E-state index in [4.69, 9.17) is 4.98 Å². The highest BCUT2D eigenvalue weighted by Crippen LogP contribution is 2.32. The minimum atomic E-state index is -0.113. The first kappa shape index (κ1) is 25.0. The van der Waals surface area contributed by atoms with Crippen molar-refractivity contribution in [2.24, 2.45) is 0 Å². The van der Waals surface area contributed by atoms with Crippen molar-refractivity contribution in [2.45, 2.75) is 32.5 Å². The molecule has 0 spiro atoms. The molecule has 0 saturated heterocycles. The lowest BCUT2D eigenvalue weighted by Crippen LogP contribution is -2.23. The number of aromatic nitrogens is 3. The van der Waals surface area contributed by atoms with Crippen LogP contribution in [-0.2, 0) is 6.54 Å². The van der Waals surface area contributed by atoms with E-state index < -0.39 is 0 Å². The molecular formula is C30H27N3O2S2. The average Bonchev–Trinajstić information content (AvgIpc) is 3.46. The fourth-order valence-electron chi connectivity index (χ4n) is 4.58. The van der Waals surface area contributed by atoms with Crippen LogP contribution in [0.15, 0.2) is 88.6 Å². The fourth-order valence-corrected chi connectivity index (χ4v) is 6.46. The highest BCUT2D eigenvalue weighted by molar-refractivity contribution is 7.99. The van der Waals surface area contributed by atoms with Crippen LogP contribution in [0.2, 0.25) is 0 Å². The molecule has 5 rings (SSSR count). The third-order valence-corrected chi connectivity index (χ3v) is 8.26. The third-order valence-electron chi connectivity index (χ3n) is 6.41. The summed E-state index contributed by atoms with van der Waals surface area (Å²) in [6.07, 6.45) is 1.69. The minimum Gasteiger partial charge on any atom is -0.318 e. The monoisotopic (exact) mass is 525 g/mol. The molecule has 0 radical (unpaired) electrons. The van der Waals surface area contributed by atoms with Crippen molar-refractivity contribution in [3.8, 4) is 16.8 Å². The van der Waals surface area contributed by atoms with Gasteiger partial charge in [-0.1, -0.05) is 65.9 Å². The van der Waals surface area contributed by atoms with Gasteiger partial charge in [0.1, 0.15) is 4.83 Å². The molecule has 0 fully saturated rings. The molecule has 3 aromatic heterocycles. The number of carbonyl (C=O) groups excluding carboxylic acids is 1. The van der Waals surface area contributed by atoms with E-state index in [0.717, 1.165) is 28.2 Å². The number of nitrogens with zero attached hydrogens (tertiary/aromatic N) is 3. The Balaban J connectivity index is 1.46. The van der Waals surface area contributed by atoms with E-state index in [2.05, 4.69) is 42.3 Å². The molecule has 0 unspecified atom stereocenters. The van der Waals surface area contributed by atoms with Gasteiger partial charge in [-0.05, 0) is 44.5 Å². The van der Waals surface area contributed by atoms with Crippen LogP contribution in [0.4, 0.5) is 0 Å². The first-order chi connectivity index (χ1) is 17.9. The van der Waals surface area contributed by atoms with E-state index in [9.17, 15) is 9.59 Å². The van der Waals surface area contributed by atoms with Crippen LogP contribution in [0, 0.1) is 20.8 Å². The summed E-state index contributed by atoms with van der Waals surface area (Å²) in [5.74, 6) is 0.191. The van der Waals surface area contributed by atoms with E-state index >= 15 is 0 Å². The molecule has 0 bridgehead atoms. The Hall–Kier alpha value is -3.68. The smallest absolute Gasteiger partial charge is 0.263 e. The van der Waals surface area contributed by atoms with Crippen LogP contribution in [0.3, 0.4) is 0 Å². The summed E-state index contributed by atoms with van der Waals surface area (Å²) < 4.78 is 3.72. The molecule has 5 nitrogen and oxygen atoms in total. The molecule has 0 aliphatic heterocycles. The summed E-state index contributed by atoms with van der Waals surface area (Å²) in [4.78, 5) is 32.4. The fraction of sp³-hybridized carbons (Fsp3) is 0.167. The van der Waals surface area contributed by atoms with Gasteiger partial charge < -0.3 is 4.57 Å². The van der Waals surface area contributed by atoms with Gasteiger partial charge in [0.2, 0.25) is 0 Å². The molecule has 186 valence electrons. The first-order valence-corrected chi connectivity index (χ1v) is 13.9. The van der Waals surface area contributed by atoms with Gasteiger partial charge in [0.05, 0.1) is 11.1 Å². The molecule has 0 aliphatic rings. The second-order valence-corrected chi connectivity index (χ2v) is 10.8. The van der Waals surface area contributed by atoms with Gasteiger partial charge in [0, 0.05) is 40.1 Å². The zero-order chi connectivity index (χ0) is 26.1. The normalized spacial score (nSPS) is 11.2. The summed E-state index contributed by atoms with van der Waals surface area (Å²) >= 11 is 2.75. The number of Topliss-reactive ketones (excluding diaryl/α,β-unsaturated/α-hetero) is 1. The Labute approximate surface area is 224 Å². The van der Waals surface area contributed by atoms with Crippen molar-refractivity contribution >= 4 is 39.1 Å². The standard InChI is InChI=1S/C30H27N3O2S2/c1-5-15-32-29(35)27-25(22-9-7-6-8-10-22)17-36-28(27)31-30(32)37-18-26(34)24-16-20(3)33(21(24)4)23-13-11-19(2)12-14-23/h5-14,16-17H,1,15,18H2,2-4H3. The summed E-state index contributed by atoms with van der Waals surface area (Å²) in [6.45, 7) is 10.2. The zero-order valence-electron chi connectivity index (χ0n) is 21.0. The van der Waals surface area contributed by atoms with Crippen molar-refractivity contribution < 1.29 is 4.79 Å². The Bertz CT molecular complexity index is 1680. The largest absolute Gasteiger partial charge is 0.318 e. The van der Waals surface area contributed by atoms with Crippen LogP contribution in [0.25, 0.3) is 27.0 Å². The highest BCUT2D eigenvalue weighted by atomic mass is 32.2. The number of allylic oxidation sites excluding steroid dienone is 1. The minimum absolute atomic E-state index is 0.00659. The zero-order valence-corrected chi connectivity index (χ0v) is 22.7. The molecule has 0 N–H and O–H groups in total. The number of rotatable bonds is 8. The highest BCUT2D eigenvalue weighted by Gasteiger charge is 2.20. The molecule has 0 saturated carbocycles. The van der Waals surface area contributed by atoms with Gasteiger partial charge in [0.25, 0.3) is 5.56 Å². The van der Waals surface area contributed by atoms with Gasteiger partial charge in [-0.25, -0.2) is 4.98 Å². The van der Waals surface area contributed by atoms with Crippen molar-refractivity contribution in [1.82, 2.24) is 14.1 Å². The van der Waals surface area contributed by atoms with Crippen LogP contribution < -0.4 is 5.56 Å². The molecule has 7 heteroatoms. The number of aryl methyl sites for hydroxylation is 2. The Kier molecular flexibility index (Phi) is 7.00. The number of carbonyl (C=O) groups is 1. The summed E-state index contributed by atoms with van der Waals surface area (Å²) in [5, 5.41) is 3.11. The number of thioether (sulfide) groups is 1. The van der Waals surface area contributed by atoms with E-state index in [-0.39, 0.29) is 17.1 Å². The van der Waals surface area contributed by atoms with Crippen molar-refractivity contribution in [1.29, 1.82) is 0 Å². The topological polar surface area (TPSA) is 56.9 Å². The number of thiophene rings is 1. The second kappa shape index (κ2) is 10.4. The second-order valence-electron chi connectivity index (χ2n) is 8.96. The Morgan fingerprint density at radius 1 is 1.08 bits per heavy atom. The lowest BCUT2D eigenvalue weighted by Gasteiger charge is -2.11. The molecule has 0 atom stereocenters. The summed E-state index contributed by atoms with van der Waals surface area (Å²) in [5.41, 5.74) is 6.57. The number of hydrogen-bond acceptors (Lipinski definition) is 5. The van der Waals surface area contributed by atoms with E-state index in [0.29, 0.717) is 27.5 Å². The predicted molar refractivity (Wildman–Crippen MR) is 155 cm³/mol. The average molecular weight is 526 g/mol. The van der Waals surface area contributed by atoms with Crippen molar-refractivity contribution in [2.75, 3.05) is 5.75 Å². The predicted octanol–water partition coefficient (Wildman–Crippen LogP) is 7.00. The first-order valence-electron chi connectivity index (χ1n) is 12.0. The van der Waals surface area contributed by atoms with Gasteiger partial charge >= 0.3 is 0 Å². The lowest BCUT2D eigenvalue weighted by molar-refractivity contribution is 0.102. The van der Waals surface area contributed by atoms with Crippen molar-refractivity contribution in [3.63, 3.8) is 0 Å².